The minimum atomic E-state index is -1.52. The first kappa shape index (κ1) is 17.0. The molecule has 1 aliphatic heterocycles. The Morgan fingerprint density at radius 3 is 2.71 bits per heavy atom. The van der Waals surface area contributed by atoms with Gasteiger partial charge in [0, 0.05) is 11.1 Å². The number of nitrogens with one attached hydrogen (secondary N) is 1. The van der Waals surface area contributed by atoms with Crippen LogP contribution < -0.4 is 11.2 Å². The van der Waals surface area contributed by atoms with Crippen LogP contribution in [0.2, 0.25) is 0 Å². The van der Waals surface area contributed by atoms with Gasteiger partial charge in [0.15, 0.2) is 6.23 Å². The number of H-pyrrole nitrogens is 1. The highest BCUT2D eigenvalue weighted by Crippen LogP contribution is 2.31. The van der Waals surface area contributed by atoms with E-state index in [0.717, 1.165) is 4.57 Å². The van der Waals surface area contributed by atoms with Gasteiger partial charge in [-0.15, -0.1) is 11.3 Å². The summed E-state index contributed by atoms with van der Waals surface area (Å²) in [6.07, 6.45) is -5.78. The first-order valence-corrected chi connectivity index (χ1v) is 8.02. The molecule has 9 nitrogen and oxygen atoms in total. The zero-order valence-corrected chi connectivity index (χ0v) is 13.1. The zero-order chi connectivity index (χ0) is 17.4. The number of hydrogen-bond donors (Lipinski definition) is 5. The molecular weight excluding hydrogens is 340 g/mol. The number of ether oxygens (including phenoxy) is 1. The first-order valence-electron chi connectivity index (χ1n) is 7.14. The van der Waals surface area contributed by atoms with E-state index in [9.17, 15) is 24.9 Å². The van der Waals surface area contributed by atoms with Crippen LogP contribution in [0.25, 0.3) is 10.4 Å². The molecule has 0 spiro atoms. The van der Waals surface area contributed by atoms with Crippen molar-refractivity contribution >= 4 is 11.3 Å². The van der Waals surface area contributed by atoms with Crippen LogP contribution >= 0.6 is 11.3 Å². The third-order valence-corrected chi connectivity index (χ3v) is 4.77. The van der Waals surface area contributed by atoms with E-state index in [-0.39, 0.29) is 5.56 Å². The molecule has 0 aliphatic carbocycles. The van der Waals surface area contributed by atoms with Gasteiger partial charge in [0.2, 0.25) is 0 Å². The van der Waals surface area contributed by atoms with Gasteiger partial charge in [0.25, 0.3) is 5.56 Å². The Hall–Kier alpha value is -1.82. The van der Waals surface area contributed by atoms with Gasteiger partial charge in [-0.05, 0) is 11.4 Å². The summed E-state index contributed by atoms with van der Waals surface area (Å²) < 4.78 is 6.30. The van der Waals surface area contributed by atoms with Crippen LogP contribution in [-0.2, 0) is 4.74 Å². The van der Waals surface area contributed by atoms with E-state index in [0.29, 0.717) is 4.88 Å². The number of aromatic nitrogens is 2. The average Bonchev–Trinajstić information content (AvgIpc) is 3.18. The van der Waals surface area contributed by atoms with Gasteiger partial charge in [-0.3, -0.25) is 14.3 Å². The lowest BCUT2D eigenvalue weighted by Gasteiger charge is -2.19. The highest BCUT2D eigenvalue weighted by atomic mass is 32.1. The third kappa shape index (κ3) is 2.83. The molecule has 3 rings (SSSR count). The molecule has 130 valence electrons. The summed E-state index contributed by atoms with van der Waals surface area (Å²) in [5.41, 5.74) is -1.20. The fraction of sp³-hybridized carbons (Fsp3) is 0.429. The molecule has 2 aromatic rings. The Kier molecular flexibility index (Phi) is 4.67. The van der Waals surface area contributed by atoms with Gasteiger partial charge in [-0.1, -0.05) is 6.07 Å². The lowest BCUT2D eigenvalue weighted by atomic mass is 10.1. The number of aromatic amines is 1. The van der Waals surface area contributed by atoms with Crippen LogP contribution in [0.1, 0.15) is 6.23 Å². The zero-order valence-electron chi connectivity index (χ0n) is 12.3. The van der Waals surface area contributed by atoms with Crippen molar-refractivity contribution in [2.45, 2.75) is 30.6 Å². The third-order valence-electron chi connectivity index (χ3n) is 3.87. The maximum Gasteiger partial charge on any atom is 0.330 e. The fourth-order valence-electron chi connectivity index (χ4n) is 2.62. The van der Waals surface area contributed by atoms with Crippen molar-refractivity contribution < 1.29 is 25.2 Å². The van der Waals surface area contributed by atoms with E-state index in [4.69, 9.17) is 9.84 Å². The molecule has 0 aromatic carbocycles. The van der Waals surface area contributed by atoms with E-state index in [1.807, 2.05) is 0 Å². The summed E-state index contributed by atoms with van der Waals surface area (Å²) in [6, 6.07) is 3.44. The second kappa shape index (κ2) is 6.59. The molecular formula is C14H16N2O7S. The Balaban J connectivity index is 2.02. The summed E-state index contributed by atoms with van der Waals surface area (Å²) in [5.74, 6) is 0. The number of rotatable bonds is 4. The predicted molar refractivity (Wildman–Crippen MR) is 83.7 cm³/mol. The molecule has 1 aliphatic rings. The van der Waals surface area contributed by atoms with Gasteiger partial charge in [0.05, 0.1) is 12.2 Å². The molecule has 1 fully saturated rings. The second-order valence-corrected chi connectivity index (χ2v) is 6.36. The summed E-state index contributed by atoms with van der Waals surface area (Å²) in [4.78, 5) is 26.8. The molecule has 5 N–H and O–H groups in total. The Bertz CT molecular complexity index is 815. The summed E-state index contributed by atoms with van der Waals surface area (Å²) in [5, 5.41) is 40.5. The number of hydrogen-bond acceptors (Lipinski definition) is 8. The highest BCUT2D eigenvalue weighted by Gasteiger charge is 2.47. The van der Waals surface area contributed by atoms with Crippen molar-refractivity contribution in [3.05, 3.63) is 44.5 Å². The highest BCUT2D eigenvalue weighted by molar-refractivity contribution is 7.13. The topological polar surface area (TPSA) is 145 Å². The standard InChI is InChI=1S/C14H16N2O7S/c17-5-7(18)11-9(19)10(20)13(23-11)16-4-6(8-2-1-3-24-8)12(21)15-14(16)22/h1-4,7,9-11,13,17-20H,5H2,(H,15,21,22). The molecule has 5 atom stereocenters. The van der Waals surface area contributed by atoms with Gasteiger partial charge in [0.1, 0.15) is 24.4 Å². The van der Waals surface area contributed by atoms with Crippen LogP contribution in [0.3, 0.4) is 0 Å². The van der Waals surface area contributed by atoms with Gasteiger partial charge in [-0.2, -0.15) is 0 Å². The molecule has 0 saturated carbocycles. The lowest BCUT2D eigenvalue weighted by Crippen LogP contribution is -2.40. The number of nitrogens with zero attached hydrogens (tertiary/aromatic N) is 1. The van der Waals surface area contributed by atoms with E-state index in [1.54, 1.807) is 17.5 Å². The van der Waals surface area contributed by atoms with Crippen molar-refractivity contribution in [3.63, 3.8) is 0 Å². The molecule has 2 aromatic heterocycles. The average molecular weight is 356 g/mol. The van der Waals surface area contributed by atoms with Crippen LogP contribution in [0.5, 0.6) is 0 Å². The Labute approximate surface area is 139 Å². The molecule has 10 heteroatoms. The molecule has 0 radical (unpaired) electrons. The summed E-state index contributed by atoms with van der Waals surface area (Å²) in [7, 11) is 0. The molecule has 24 heavy (non-hydrogen) atoms. The van der Waals surface area contributed by atoms with Gasteiger partial charge < -0.3 is 25.2 Å². The summed E-state index contributed by atoms with van der Waals surface area (Å²) in [6.45, 7) is -0.678. The molecule has 1 saturated heterocycles. The maximum absolute atomic E-state index is 12.1. The SMILES string of the molecule is O=c1[nH]c(=O)n(C2OC(C(O)CO)C(O)C2O)cc1-c1cccs1. The van der Waals surface area contributed by atoms with Crippen molar-refractivity contribution in [1.82, 2.24) is 9.55 Å². The largest absolute Gasteiger partial charge is 0.394 e. The Morgan fingerprint density at radius 2 is 2.08 bits per heavy atom. The minimum absolute atomic E-state index is 0.209. The van der Waals surface area contributed by atoms with Crippen molar-refractivity contribution in [2.24, 2.45) is 0 Å². The predicted octanol–water partition coefficient (Wildman–Crippen LogP) is -1.76. The number of thiophene rings is 1. The quantitative estimate of drug-likeness (QED) is 0.436. The number of aliphatic hydroxyl groups excluding tert-OH is 4. The molecule has 3 heterocycles. The normalized spacial score (nSPS) is 28.2. The van der Waals surface area contributed by atoms with Crippen LogP contribution in [-0.4, -0.2) is 61.0 Å². The molecule has 0 bridgehead atoms. The Morgan fingerprint density at radius 1 is 1.33 bits per heavy atom. The second-order valence-electron chi connectivity index (χ2n) is 5.41. The number of aliphatic hydroxyl groups is 4. The van der Waals surface area contributed by atoms with Crippen molar-refractivity contribution in [2.75, 3.05) is 6.61 Å². The van der Waals surface area contributed by atoms with Crippen LogP contribution in [0.15, 0.2) is 33.3 Å². The van der Waals surface area contributed by atoms with Crippen LogP contribution in [0, 0.1) is 0 Å². The molecule has 0 amide bonds. The van der Waals surface area contributed by atoms with Crippen molar-refractivity contribution in [3.8, 4) is 10.4 Å². The van der Waals surface area contributed by atoms with E-state index in [2.05, 4.69) is 4.98 Å². The van der Waals surface area contributed by atoms with Crippen LogP contribution in [0.4, 0.5) is 0 Å². The van der Waals surface area contributed by atoms with E-state index < -0.39 is 48.5 Å². The maximum atomic E-state index is 12.1. The van der Waals surface area contributed by atoms with E-state index in [1.165, 1.54) is 17.5 Å². The first-order chi connectivity index (χ1) is 11.4. The summed E-state index contributed by atoms with van der Waals surface area (Å²) >= 11 is 1.30. The monoisotopic (exact) mass is 356 g/mol. The smallest absolute Gasteiger partial charge is 0.330 e. The fourth-order valence-corrected chi connectivity index (χ4v) is 3.35. The lowest BCUT2D eigenvalue weighted by molar-refractivity contribution is -0.0981. The van der Waals surface area contributed by atoms with E-state index >= 15 is 0 Å². The van der Waals surface area contributed by atoms with Gasteiger partial charge in [-0.25, -0.2) is 4.79 Å². The van der Waals surface area contributed by atoms with Crippen molar-refractivity contribution in [1.29, 1.82) is 0 Å². The van der Waals surface area contributed by atoms with Gasteiger partial charge >= 0.3 is 5.69 Å². The minimum Gasteiger partial charge on any atom is -0.394 e. The molecule has 5 unspecified atom stereocenters.